The highest BCUT2D eigenvalue weighted by atomic mass is 16.5. The van der Waals surface area contributed by atoms with Crippen LogP contribution in [0.15, 0.2) is 58.4 Å². The Hall–Kier alpha value is -2.90. The Morgan fingerprint density at radius 1 is 1.09 bits per heavy atom. The van der Waals surface area contributed by atoms with Gasteiger partial charge in [0.1, 0.15) is 0 Å². The van der Waals surface area contributed by atoms with E-state index in [-0.39, 0.29) is 16.7 Å². The maximum absolute atomic E-state index is 13.2. The molecule has 2 aliphatic heterocycles. The molecule has 2 aromatic rings. The van der Waals surface area contributed by atoms with Gasteiger partial charge >= 0.3 is 0 Å². The van der Waals surface area contributed by atoms with E-state index < -0.39 is 23.5 Å². The molecule has 176 valence electrons. The largest absolute Gasteiger partial charge is 0.503 e. The van der Waals surface area contributed by atoms with Gasteiger partial charge < -0.3 is 19.2 Å². The van der Waals surface area contributed by atoms with E-state index in [1.165, 1.54) is 6.26 Å². The predicted octanol–water partition coefficient (Wildman–Crippen LogP) is 3.88. The number of hydrogen-bond donors (Lipinski definition) is 1. The standard InChI is InChI=1S/C26H32N2O5/c1-26(2,3)19-9-7-18(8-10-19)22-21(23(29)20-6-4-15-33-20)24(30)25(31)28(22)12-5-11-27-13-16-32-17-14-27/h4,6-10,15,22,30H,5,11-14,16-17H2,1-3H3. The number of hydrogen-bond acceptors (Lipinski definition) is 6. The number of amides is 1. The van der Waals surface area contributed by atoms with Gasteiger partial charge in [0, 0.05) is 26.2 Å². The normalized spacial score (nSPS) is 20.0. The monoisotopic (exact) mass is 452 g/mol. The van der Waals surface area contributed by atoms with E-state index in [9.17, 15) is 14.7 Å². The number of rotatable bonds is 7. The van der Waals surface area contributed by atoms with Crippen LogP contribution in [0.1, 0.15) is 54.9 Å². The molecular weight excluding hydrogens is 420 g/mol. The highest BCUT2D eigenvalue weighted by Crippen LogP contribution is 2.39. The smallest absolute Gasteiger partial charge is 0.290 e. The average molecular weight is 453 g/mol. The Morgan fingerprint density at radius 3 is 2.39 bits per heavy atom. The predicted molar refractivity (Wildman–Crippen MR) is 124 cm³/mol. The van der Waals surface area contributed by atoms with Crippen LogP contribution in [-0.2, 0) is 14.9 Å². The van der Waals surface area contributed by atoms with Crippen molar-refractivity contribution in [2.45, 2.75) is 38.6 Å². The van der Waals surface area contributed by atoms with Gasteiger partial charge in [0.2, 0.25) is 5.78 Å². The molecule has 4 rings (SSSR count). The number of furan rings is 1. The third-order valence-electron chi connectivity index (χ3n) is 6.36. The topological polar surface area (TPSA) is 83.2 Å². The van der Waals surface area contributed by atoms with Gasteiger partial charge in [0.15, 0.2) is 11.5 Å². The van der Waals surface area contributed by atoms with Crippen LogP contribution in [0.5, 0.6) is 0 Å². The molecule has 1 N–H and O–H groups in total. The first kappa shape index (κ1) is 23.3. The highest BCUT2D eigenvalue weighted by molar-refractivity contribution is 6.15. The SMILES string of the molecule is CC(C)(C)c1ccc(C2C(C(=O)c3ccco3)=C(O)C(=O)N2CCCN2CCOCC2)cc1. The summed E-state index contributed by atoms with van der Waals surface area (Å²) in [6.45, 7) is 10.8. The third-order valence-corrected chi connectivity index (χ3v) is 6.36. The summed E-state index contributed by atoms with van der Waals surface area (Å²) in [7, 11) is 0. The van der Waals surface area contributed by atoms with Crippen LogP contribution in [0, 0.1) is 0 Å². The minimum Gasteiger partial charge on any atom is -0.503 e. The number of nitrogens with zero attached hydrogens (tertiary/aromatic N) is 2. The van der Waals surface area contributed by atoms with Gasteiger partial charge in [-0.25, -0.2) is 0 Å². The van der Waals surface area contributed by atoms with Gasteiger partial charge in [-0.15, -0.1) is 0 Å². The summed E-state index contributed by atoms with van der Waals surface area (Å²) in [5.74, 6) is -1.37. The molecule has 7 heteroatoms. The first-order valence-electron chi connectivity index (χ1n) is 11.5. The summed E-state index contributed by atoms with van der Waals surface area (Å²) in [5, 5.41) is 10.8. The molecule has 1 aromatic carbocycles. The summed E-state index contributed by atoms with van der Waals surface area (Å²) in [6.07, 6.45) is 2.15. The van der Waals surface area contributed by atoms with E-state index in [2.05, 4.69) is 25.7 Å². The fourth-order valence-corrected chi connectivity index (χ4v) is 4.46. The van der Waals surface area contributed by atoms with Crippen LogP contribution >= 0.6 is 0 Å². The van der Waals surface area contributed by atoms with Crippen LogP contribution in [-0.4, -0.2) is 66.0 Å². The second-order valence-corrected chi connectivity index (χ2v) is 9.65. The van der Waals surface area contributed by atoms with E-state index in [4.69, 9.17) is 9.15 Å². The first-order chi connectivity index (χ1) is 15.8. The zero-order valence-electron chi connectivity index (χ0n) is 19.5. The molecule has 1 saturated heterocycles. The molecular formula is C26H32N2O5. The quantitative estimate of drug-likeness (QED) is 0.642. The Labute approximate surface area is 194 Å². The van der Waals surface area contributed by atoms with Crippen LogP contribution in [0.25, 0.3) is 0 Å². The molecule has 2 aliphatic rings. The van der Waals surface area contributed by atoms with Gasteiger partial charge in [-0.2, -0.15) is 0 Å². The molecule has 0 radical (unpaired) electrons. The summed E-state index contributed by atoms with van der Waals surface area (Å²) >= 11 is 0. The van der Waals surface area contributed by atoms with E-state index in [0.29, 0.717) is 6.54 Å². The number of aliphatic hydroxyl groups is 1. The molecule has 0 spiro atoms. The molecule has 0 bridgehead atoms. The summed E-state index contributed by atoms with van der Waals surface area (Å²) < 4.78 is 10.7. The van der Waals surface area contributed by atoms with Gasteiger partial charge in [0.25, 0.3) is 5.91 Å². The highest BCUT2D eigenvalue weighted by Gasteiger charge is 2.44. The lowest BCUT2D eigenvalue weighted by Gasteiger charge is -2.30. The number of ether oxygens (including phenoxy) is 1. The van der Waals surface area contributed by atoms with Gasteiger partial charge in [-0.1, -0.05) is 45.0 Å². The number of carbonyl (C=O) groups excluding carboxylic acids is 2. The average Bonchev–Trinajstić information content (AvgIpc) is 3.42. The van der Waals surface area contributed by atoms with Crippen molar-refractivity contribution in [2.24, 2.45) is 0 Å². The lowest BCUT2D eigenvalue weighted by atomic mass is 9.85. The fourth-order valence-electron chi connectivity index (χ4n) is 4.46. The first-order valence-corrected chi connectivity index (χ1v) is 11.5. The fraction of sp³-hybridized carbons (Fsp3) is 0.462. The molecule has 1 aromatic heterocycles. The van der Waals surface area contributed by atoms with E-state index in [1.54, 1.807) is 17.0 Å². The van der Waals surface area contributed by atoms with Crippen LogP contribution < -0.4 is 0 Å². The lowest BCUT2D eigenvalue weighted by Crippen LogP contribution is -2.39. The molecule has 7 nitrogen and oxygen atoms in total. The second kappa shape index (κ2) is 9.53. The molecule has 0 aliphatic carbocycles. The minimum atomic E-state index is -0.659. The van der Waals surface area contributed by atoms with Crippen molar-refractivity contribution < 1.29 is 23.8 Å². The minimum absolute atomic E-state index is 0.0212. The third kappa shape index (κ3) is 4.89. The zero-order chi connectivity index (χ0) is 23.6. The molecule has 0 saturated carbocycles. The van der Waals surface area contributed by atoms with Crippen molar-refractivity contribution in [3.63, 3.8) is 0 Å². The van der Waals surface area contributed by atoms with Crippen molar-refractivity contribution in [1.82, 2.24) is 9.80 Å². The van der Waals surface area contributed by atoms with Gasteiger partial charge in [0.05, 0.1) is 31.1 Å². The number of Topliss-reactive ketones (excluding diaryl/α,β-unsaturated/α-hetero) is 1. The summed E-state index contributed by atoms with van der Waals surface area (Å²) in [5.41, 5.74) is 2.00. The van der Waals surface area contributed by atoms with Crippen LogP contribution in [0.3, 0.4) is 0 Å². The molecule has 1 unspecified atom stereocenters. The van der Waals surface area contributed by atoms with Crippen molar-refractivity contribution in [2.75, 3.05) is 39.4 Å². The summed E-state index contributed by atoms with van der Waals surface area (Å²) in [6, 6.07) is 10.5. The Morgan fingerprint density at radius 2 is 1.79 bits per heavy atom. The molecule has 33 heavy (non-hydrogen) atoms. The second-order valence-electron chi connectivity index (χ2n) is 9.65. The number of benzene rings is 1. The Bertz CT molecular complexity index is 1010. The van der Waals surface area contributed by atoms with E-state index in [0.717, 1.165) is 50.4 Å². The lowest BCUT2D eigenvalue weighted by molar-refractivity contribution is -0.129. The Balaban J connectivity index is 1.62. The Kier molecular flexibility index (Phi) is 6.72. The number of carbonyl (C=O) groups is 2. The van der Waals surface area contributed by atoms with Crippen LogP contribution in [0.2, 0.25) is 0 Å². The number of ketones is 1. The summed E-state index contributed by atoms with van der Waals surface area (Å²) in [4.78, 5) is 30.2. The van der Waals surface area contributed by atoms with E-state index >= 15 is 0 Å². The van der Waals surface area contributed by atoms with Gasteiger partial charge in [-0.05, 0) is 35.1 Å². The maximum Gasteiger partial charge on any atom is 0.290 e. The van der Waals surface area contributed by atoms with E-state index in [1.807, 2.05) is 24.3 Å². The van der Waals surface area contributed by atoms with Crippen molar-refractivity contribution >= 4 is 11.7 Å². The maximum atomic E-state index is 13.2. The zero-order valence-corrected chi connectivity index (χ0v) is 19.5. The number of aliphatic hydroxyl groups excluding tert-OH is 1. The molecule has 1 atom stereocenters. The van der Waals surface area contributed by atoms with Crippen LogP contribution in [0.4, 0.5) is 0 Å². The molecule has 1 amide bonds. The number of morpholine rings is 1. The van der Waals surface area contributed by atoms with Crippen molar-refractivity contribution in [3.8, 4) is 0 Å². The van der Waals surface area contributed by atoms with Gasteiger partial charge in [-0.3, -0.25) is 14.5 Å². The molecule has 1 fully saturated rings. The molecule has 3 heterocycles. The van der Waals surface area contributed by atoms with Crippen molar-refractivity contribution in [3.05, 3.63) is 70.9 Å². The van der Waals surface area contributed by atoms with Crippen molar-refractivity contribution in [1.29, 1.82) is 0 Å².